The van der Waals surface area contributed by atoms with Crippen LogP contribution in [0.3, 0.4) is 0 Å². The summed E-state index contributed by atoms with van der Waals surface area (Å²) >= 11 is 5.30. The minimum atomic E-state index is 0.196. The van der Waals surface area contributed by atoms with Crippen molar-refractivity contribution in [1.29, 1.82) is 0 Å². The summed E-state index contributed by atoms with van der Waals surface area (Å²) in [6.07, 6.45) is 1.60. The first-order valence-electron chi connectivity index (χ1n) is 7.12. The third-order valence-corrected chi connectivity index (χ3v) is 3.95. The van der Waals surface area contributed by atoms with Gasteiger partial charge in [0, 0.05) is 18.7 Å². The highest BCUT2D eigenvalue weighted by Crippen LogP contribution is 2.25. The molecule has 1 aliphatic rings. The van der Waals surface area contributed by atoms with Gasteiger partial charge in [-0.15, -0.1) is 0 Å². The summed E-state index contributed by atoms with van der Waals surface area (Å²) in [7, 11) is 0. The molecule has 114 valence electrons. The Morgan fingerprint density at radius 3 is 2.82 bits per heavy atom. The fourth-order valence-corrected chi connectivity index (χ4v) is 2.64. The van der Waals surface area contributed by atoms with Crippen LogP contribution in [0, 0.1) is 0 Å². The number of hydrogen-bond acceptors (Lipinski definition) is 4. The molecule has 2 aromatic rings. The topological polar surface area (TPSA) is 57.1 Å². The number of aromatic hydroxyl groups is 1. The summed E-state index contributed by atoms with van der Waals surface area (Å²) in [4.78, 5) is 2.01. The lowest BCUT2D eigenvalue weighted by Crippen LogP contribution is -2.44. The predicted octanol–water partition coefficient (Wildman–Crippen LogP) is 2.09. The van der Waals surface area contributed by atoms with Crippen LogP contribution in [0.15, 0.2) is 41.5 Å². The second kappa shape index (κ2) is 6.72. The van der Waals surface area contributed by atoms with Crippen molar-refractivity contribution >= 4 is 34.3 Å². The molecule has 0 amide bonds. The molecule has 2 aromatic carbocycles. The molecule has 1 saturated heterocycles. The molecule has 22 heavy (non-hydrogen) atoms. The van der Waals surface area contributed by atoms with Gasteiger partial charge in [0.2, 0.25) is 0 Å². The van der Waals surface area contributed by atoms with Gasteiger partial charge in [-0.3, -0.25) is 5.43 Å². The van der Waals surface area contributed by atoms with Gasteiger partial charge in [0.15, 0.2) is 5.11 Å². The maximum absolute atomic E-state index is 10.0. The van der Waals surface area contributed by atoms with E-state index in [0.29, 0.717) is 23.9 Å². The van der Waals surface area contributed by atoms with E-state index in [9.17, 15) is 5.11 Å². The average molecular weight is 315 g/mol. The average Bonchev–Trinajstić information content (AvgIpc) is 2.57. The highest BCUT2D eigenvalue weighted by Gasteiger charge is 2.12. The molecule has 0 aliphatic carbocycles. The zero-order valence-corrected chi connectivity index (χ0v) is 12.8. The van der Waals surface area contributed by atoms with Gasteiger partial charge in [0.1, 0.15) is 5.75 Å². The number of morpholine rings is 1. The van der Waals surface area contributed by atoms with E-state index < -0.39 is 0 Å². The third kappa shape index (κ3) is 3.18. The SMILES string of the molecule is Oc1ccc2ccccc2c1/C=N/NC(=S)N1CCOCC1. The number of phenolic OH excluding ortho intramolecular Hbond substituents is 1. The Morgan fingerprint density at radius 1 is 1.23 bits per heavy atom. The summed E-state index contributed by atoms with van der Waals surface area (Å²) in [5.41, 5.74) is 3.53. The van der Waals surface area contributed by atoms with Crippen LogP contribution in [-0.2, 0) is 4.74 Å². The summed E-state index contributed by atoms with van der Waals surface area (Å²) in [5.74, 6) is 0.196. The Morgan fingerprint density at radius 2 is 2.00 bits per heavy atom. The molecule has 0 atom stereocenters. The van der Waals surface area contributed by atoms with E-state index in [1.165, 1.54) is 0 Å². The van der Waals surface area contributed by atoms with E-state index in [4.69, 9.17) is 17.0 Å². The lowest BCUT2D eigenvalue weighted by Gasteiger charge is -2.28. The monoisotopic (exact) mass is 315 g/mol. The number of rotatable bonds is 2. The molecule has 1 aliphatic heterocycles. The molecule has 1 fully saturated rings. The van der Waals surface area contributed by atoms with Gasteiger partial charge in [-0.1, -0.05) is 30.3 Å². The number of ether oxygens (including phenoxy) is 1. The Hall–Kier alpha value is -2.18. The van der Waals surface area contributed by atoms with Gasteiger partial charge in [0.25, 0.3) is 0 Å². The van der Waals surface area contributed by atoms with E-state index >= 15 is 0 Å². The maximum atomic E-state index is 10.0. The van der Waals surface area contributed by atoms with E-state index in [1.807, 2.05) is 35.2 Å². The molecular formula is C16H17N3O2S. The standard InChI is InChI=1S/C16H17N3O2S/c20-15-6-5-12-3-1-2-4-13(12)14(15)11-17-18-16(22)19-7-9-21-10-8-19/h1-6,11,20H,7-10H2,(H,18,22)/b17-11+. The molecule has 0 unspecified atom stereocenters. The summed E-state index contributed by atoms with van der Waals surface area (Å²) < 4.78 is 5.29. The fraction of sp³-hybridized carbons (Fsp3) is 0.250. The van der Waals surface area contributed by atoms with Crippen molar-refractivity contribution < 1.29 is 9.84 Å². The van der Waals surface area contributed by atoms with Crippen molar-refractivity contribution in [2.24, 2.45) is 5.10 Å². The van der Waals surface area contributed by atoms with Crippen LogP contribution in [0.4, 0.5) is 0 Å². The second-order valence-electron chi connectivity index (χ2n) is 4.99. The van der Waals surface area contributed by atoms with Gasteiger partial charge < -0.3 is 14.7 Å². The van der Waals surface area contributed by atoms with Crippen LogP contribution >= 0.6 is 12.2 Å². The first kappa shape index (κ1) is 14.7. The lowest BCUT2D eigenvalue weighted by atomic mass is 10.0. The molecule has 3 rings (SSSR count). The maximum Gasteiger partial charge on any atom is 0.189 e. The highest BCUT2D eigenvalue weighted by atomic mass is 32.1. The zero-order valence-electron chi connectivity index (χ0n) is 12.0. The van der Waals surface area contributed by atoms with Crippen LogP contribution in [0.5, 0.6) is 5.75 Å². The number of nitrogens with zero attached hydrogens (tertiary/aromatic N) is 2. The molecule has 0 bridgehead atoms. The molecule has 6 heteroatoms. The number of phenols is 1. The zero-order chi connectivity index (χ0) is 15.4. The molecule has 0 saturated carbocycles. The fourth-order valence-electron chi connectivity index (χ4n) is 2.41. The summed E-state index contributed by atoms with van der Waals surface area (Å²) in [6.45, 7) is 2.88. The minimum Gasteiger partial charge on any atom is -0.507 e. The van der Waals surface area contributed by atoms with Gasteiger partial charge in [-0.25, -0.2) is 0 Å². The molecular weight excluding hydrogens is 298 g/mol. The molecule has 0 aromatic heterocycles. The van der Waals surface area contributed by atoms with Gasteiger partial charge >= 0.3 is 0 Å². The number of hydrogen-bond donors (Lipinski definition) is 2. The molecule has 0 radical (unpaired) electrons. The molecule has 1 heterocycles. The van der Waals surface area contributed by atoms with Crippen LogP contribution in [0.1, 0.15) is 5.56 Å². The number of nitrogens with one attached hydrogen (secondary N) is 1. The smallest absolute Gasteiger partial charge is 0.189 e. The van der Waals surface area contributed by atoms with E-state index in [2.05, 4.69) is 10.5 Å². The first-order chi connectivity index (χ1) is 10.8. The van der Waals surface area contributed by atoms with Gasteiger partial charge in [-0.2, -0.15) is 5.10 Å². The number of thiocarbonyl (C=S) groups is 1. The van der Waals surface area contributed by atoms with Crippen molar-refractivity contribution in [2.45, 2.75) is 0 Å². The minimum absolute atomic E-state index is 0.196. The summed E-state index contributed by atoms with van der Waals surface area (Å²) in [6, 6.07) is 11.4. The van der Waals surface area contributed by atoms with Crippen molar-refractivity contribution in [2.75, 3.05) is 26.3 Å². The summed E-state index contributed by atoms with van der Waals surface area (Å²) in [5, 5.41) is 16.8. The van der Waals surface area contributed by atoms with Crippen LogP contribution in [0.2, 0.25) is 0 Å². The van der Waals surface area contributed by atoms with Crippen LogP contribution in [-0.4, -0.2) is 47.6 Å². The molecule has 2 N–H and O–H groups in total. The number of benzene rings is 2. The number of hydrazone groups is 1. The normalized spacial score (nSPS) is 15.4. The largest absolute Gasteiger partial charge is 0.507 e. The Labute approximate surface area is 134 Å². The van der Waals surface area contributed by atoms with E-state index in [-0.39, 0.29) is 5.75 Å². The van der Waals surface area contributed by atoms with Crippen molar-refractivity contribution in [3.8, 4) is 5.75 Å². The Balaban J connectivity index is 1.75. The Kier molecular flexibility index (Phi) is 4.50. The predicted molar refractivity (Wildman–Crippen MR) is 91.3 cm³/mol. The first-order valence-corrected chi connectivity index (χ1v) is 7.53. The van der Waals surface area contributed by atoms with Crippen molar-refractivity contribution in [3.05, 3.63) is 42.0 Å². The molecule has 5 nitrogen and oxygen atoms in total. The van der Waals surface area contributed by atoms with Gasteiger partial charge in [0.05, 0.1) is 19.4 Å². The van der Waals surface area contributed by atoms with Crippen molar-refractivity contribution in [3.63, 3.8) is 0 Å². The quantitative estimate of drug-likeness (QED) is 0.505. The highest BCUT2D eigenvalue weighted by molar-refractivity contribution is 7.80. The second-order valence-corrected chi connectivity index (χ2v) is 5.38. The van der Waals surface area contributed by atoms with Crippen LogP contribution < -0.4 is 5.43 Å². The molecule has 0 spiro atoms. The Bertz CT molecular complexity index is 712. The van der Waals surface area contributed by atoms with E-state index in [1.54, 1.807) is 12.3 Å². The number of fused-ring (bicyclic) bond motifs is 1. The van der Waals surface area contributed by atoms with E-state index in [0.717, 1.165) is 23.9 Å². The van der Waals surface area contributed by atoms with Crippen LogP contribution in [0.25, 0.3) is 10.8 Å². The lowest BCUT2D eigenvalue weighted by molar-refractivity contribution is 0.0677. The van der Waals surface area contributed by atoms with Crippen molar-refractivity contribution in [1.82, 2.24) is 10.3 Å². The third-order valence-electron chi connectivity index (χ3n) is 3.60. The van der Waals surface area contributed by atoms with Gasteiger partial charge in [-0.05, 0) is 29.1 Å².